The molecule has 2 amide bonds. The van der Waals surface area contributed by atoms with E-state index in [9.17, 15) is 9.59 Å². The zero-order chi connectivity index (χ0) is 18.7. The van der Waals surface area contributed by atoms with Gasteiger partial charge >= 0.3 is 0 Å². The fourth-order valence-corrected chi connectivity index (χ4v) is 3.42. The predicted octanol–water partition coefficient (Wildman–Crippen LogP) is 4.29. The molecule has 26 heavy (non-hydrogen) atoms. The van der Waals surface area contributed by atoms with Crippen LogP contribution in [0.1, 0.15) is 32.7 Å². The number of carbonyl (C=O) groups is 2. The molecule has 136 valence electrons. The van der Waals surface area contributed by atoms with Gasteiger partial charge < -0.3 is 9.80 Å². The number of hydrogen-bond donors (Lipinski definition) is 0. The van der Waals surface area contributed by atoms with Crippen molar-refractivity contribution < 1.29 is 9.59 Å². The topological polar surface area (TPSA) is 40.6 Å². The summed E-state index contributed by atoms with van der Waals surface area (Å²) in [6.07, 6.45) is 0.741. The molecule has 2 aromatic carbocycles. The van der Waals surface area contributed by atoms with E-state index in [-0.39, 0.29) is 11.8 Å². The lowest BCUT2D eigenvalue weighted by Gasteiger charge is -2.23. The monoisotopic (exact) mass is 390 g/mol. The van der Waals surface area contributed by atoms with Crippen LogP contribution < -0.4 is 0 Å². The predicted molar refractivity (Wildman–Crippen MR) is 104 cm³/mol. The van der Waals surface area contributed by atoms with Crippen LogP contribution in [0.2, 0.25) is 10.0 Å². The van der Waals surface area contributed by atoms with Crippen molar-refractivity contribution >= 4 is 35.0 Å². The van der Waals surface area contributed by atoms with Crippen LogP contribution in [0.3, 0.4) is 0 Å². The lowest BCUT2D eigenvalue weighted by Crippen LogP contribution is -2.37. The molecule has 0 saturated carbocycles. The van der Waals surface area contributed by atoms with Crippen LogP contribution in [-0.2, 0) is 0 Å². The molecule has 0 spiro atoms. The van der Waals surface area contributed by atoms with E-state index in [0.29, 0.717) is 41.8 Å². The number of carbonyl (C=O) groups excluding carboxylic acids is 2. The Morgan fingerprint density at radius 2 is 1.50 bits per heavy atom. The van der Waals surface area contributed by atoms with Gasteiger partial charge in [0.1, 0.15) is 0 Å². The average Bonchev–Trinajstić information content (AvgIpc) is 2.89. The van der Waals surface area contributed by atoms with E-state index in [2.05, 4.69) is 0 Å². The van der Waals surface area contributed by atoms with Gasteiger partial charge in [0, 0.05) is 37.3 Å². The van der Waals surface area contributed by atoms with Gasteiger partial charge in [-0.2, -0.15) is 0 Å². The Morgan fingerprint density at radius 1 is 0.846 bits per heavy atom. The molecule has 0 aliphatic carbocycles. The third kappa shape index (κ3) is 4.02. The van der Waals surface area contributed by atoms with Crippen LogP contribution in [-0.4, -0.2) is 47.8 Å². The standard InChI is InChI=1S/C20H20Cl2N2O2/c1-14-5-2-3-6-16(14)20(26)24-10-4-9-23(11-12-24)19(25)15-7-8-17(21)18(22)13-15/h2-3,5-8,13H,4,9-12H2,1H3. The minimum Gasteiger partial charge on any atom is -0.337 e. The van der Waals surface area contributed by atoms with Gasteiger partial charge in [0.25, 0.3) is 11.8 Å². The number of nitrogens with zero attached hydrogens (tertiary/aromatic N) is 2. The zero-order valence-electron chi connectivity index (χ0n) is 14.5. The van der Waals surface area contributed by atoms with Gasteiger partial charge in [-0.15, -0.1) is 0 Å². The van der Waals surface area contributed by atoms with Crippen molar-refractivity contribution in [2.45, 2.75) is 13.3 Å². The number of halogens is 2. The minimum atomic E-state index is -0.0891. The minimum absolute atomic E-state index is 0.0203. The first-order chi connectivity index (χ1) is 12.5. The Balaban J connectivity index is 1.70. The Morgan fingerprint density at radius 3 is 2.15 bits per heavy atom. The molecule has 1 aliphatic rings. The third-order valence-electron chi connectivity index (χ3n) is 4.61. The second-order valence-corrected chi connectivity index (χ2v) is 7.20. The van der Waals surface area contributed by atoms with E-state index in [0.717, 1.165) is 17.5 Å². The molecular formula is C20H20Cl2N2O2. The fraction of sp³-hybridized carbons (Fsp3) is 0.300. The van der Waals surface area contributed by atoms with E-state index in [1.165, 1.54) is 0 Å². The van der Waals surface area contributed by atoms with Gasteiger partial charge in [0.15, 0.2) is 0 Å². The Hall–Kier alpha value is -2.04. The van der Waals surface area contributed by atoms with E-state index in [4.69, 9.17) is 23.2 Å². The highest BCUT2D eigenvalue weighted by atomic mass is 35.5. The van der Waals surface area contributed by atoms with E-state index < -0.39 is 0 Å². The molecule has 0 unspecified atom stereocenters. The van der Waals surface area contributed by atoms with Crippen LogP contribution in [0, 0.1) is 6.92 Å². The van der Waals surface area contributed by atoms with Crippen molar-refractivity contribution in [3.63, 3.8) is 0 Å². The van der Waals surface area contributed by atoms with Gasteiger partial charge in [-0.25, -0.2) is 0 Å². The molecule has 1 heterocycles. The van der Waals surface area contributed by atoms with Gasteiger partial charge in [-0.1, -0.05) is 41.4 Å². The summed E-state index contributed by atoms with van der Waals surface area (Å²) in [7, 11) is 0. The number of benzene rings is 2. The Kier molecular flexibility index (Phi) is 5.84. The highest BCUT2D eigenvalue weighted by molar-refractivity contribution is 6.42. The summed E-state index contributed by atoms with van der Waals surface area (Å²) < 4.78 is 0. The highest BCUT2D eigenvalue weighted by Crippen LogP contribution is 2.23. The van der Waals surface area contributed by atoms with Crippen LogP contribution in [0.4, 0.5) is 0 Å². The lowest BCUT2D eigenvalue weighted by molar-refractivity contribution is 0.0718. The first kappa shape index (κ1) is 18.7. The summed E-state index contributed by atoms with van der Waals surface area (Å²) in [4.78, 5) is 29.1. The van der Waals surface area contributed by atoms with Crippen molar-refractivity contribution in [1.82, 2.24) is 9.80 Å². The van der Waals surface area contributed by atoms with Crippen LogP contribution in [0.5, 0.6) is 0 Å². The highest BCUT2D eigenvalue weighted by Gasteiger charge is 2.24. The summed E-state index contributed by atoms with van der Waals surface area (Å²) in [5.74, 6) is -0.0688. The van der Waals surface area contributed by atoms with Crippen molar-refractivity contribution in [3.05, 3.63) is 69.2 Å². The molecule has 0 radical (unpaired) electrons. The lowest BCUT2D eigenvalue weighted by atomic mass is 10.1. The van der Waals surface area contributed by atoms with Gasteiger partial charge in [0.2, 0.25) is 0 Å². The largest absolute Gasteiger partial charge is 0.337 e. The molecule has 6 heteroatoms. The normalized spacial score (nSPS) is 14.9. The number of aryl methyl sites for hydroxylation is 1. The second kappa shape index (κ2) is 8.11. The summed E-state index contributed by atoms with van der Waals surface area (Å²) in [5, 5.41) is 0.790. The van der Waals surface area contributed by atoms with Crippen LogP contribution in [0.15, 0.2) is 42.5 Å². The maximum Gasteiger partial charge on any atom is 0.254 e. The molecule has 0 bridgehead atoms. The quantitative estimate of drug-likeness (QED) is 0.766. The van der Waals surface area contributed by atoms with E-state index in [1.54, 1.807) is 23.1 Å². The molecule has 2 aromatic rings. The second-order valence-electron chi connectivity index (χ2n) is 6.38. The maximum absolute atomic E-state index is 12.8. The van der Waals surface area contributed by atoms with Gasteiger partial charge in [-0.3, -0.25) is 9.59 Å². The van der Waals surface area contributed by atoms with Gasteiger partial charge in [0.05, 0.1) is 10.0 Å². The van der Waals surface area contributed by atoms with Gasteiger partial charge in [-0.05, 0) is 43.2 Å². The van der Waals surface area contributed by atoms with Crippen molar-refractivity contribution in [1.29, 1.82) is 0 Å². The van der Waals surface area contributed by atoms with E-state index in [1.807, 2.05) is 36.1 Å². The van der Waals surface area contributed by atoms with Crippen molar-refractivity contribution in [3.8, 4) is 0 Å². The average molecular weight is 391 g/mol. The maximum atomic E-state index is 12.8. The van der Waals surface area contributed by atoms with Crippen molar-refractivity contribution in [2.75, 3.05) is 26.2 Å². The third-order valence-corrected chi connectivity index (χ3v) is 5.35. The molecule has 4 nitrogen and oxygen atoms in total. The summed E-state index contributed by atoms with van der Waals surface area (Å²) >= 11 is 11.9. The number of amides is 2. The van der Waals surface area contributed by atoms with Crippen LogP contribution in [0.25, 0.3) is 0 Å². The molecule has 0 N–H and O–H groups in total. The van der Waals surface area contributed by atoms with Crippen molar-refractivity contribution in [2.24, 2.45) is 0 Å². The summed E-state index contributed by atoms with van der Waals surface area (Å²) in [6.45, 7) is 4.19. The number of hydrogen-bond acceptors (Lipinski definition) is 2. The SMILES string of the molecule is Cc1ccccc1C(=O)N1CCCN(C(=O)c2ccc(Cl)c(Cl)c2)CC1. The van der Waals surface area contributed by atoms with E-state index >= 15 is 0 Å². The Labute approximate surface area is 163 Å². The molecule has 1 saturated heterocycles. The first-order valence-electron chi connectivity index (χ1n) is 8.56. The molecule has 1 fully saturated rings. The summed E-state index contributed by atoms with van der Waals surface area (Å²) in [5.41, 5.74) is 2.19. The molecule has 0 aromatic heterocycles. The Bertz CT molecular complexity index is 838. The molecule has 1 aliphatic heterocycles. The number of rotatable bonds is 2. The van der Waals surface area contributed by atoms with Crippen LogP contribution >= 0.6 is 23.2 Å². The first-order valence-corrected chi connectivity index (χ1v) is 9.32. The zero-order valence-corrected chi connectivity index (χ0v) is 16.1. The summed E-state index contributed by atoms with van der Waals surface area (Å²) in [6, 6.07) is 12.5. The molecular weight excluding hydrogens is 371 g/mol. The molecule has 0 atom stereocenters. The fourth-order valence-electron chi connectivity index (χ4n) is 3.12. The smallest absolute Gasteiger partial charge is 0.254 e. The molecule has 3 rings (SSSR count).